The molecule has 34 heavy (non-hydrogen) atoms. The Morgan fingerprint density at radius 1 is 1.00 bits per heavy atom. The van der Waals surface area contributed by atoms with Crippen molar-refractivity contribution in [3.05, 3.63) is 42.7 Å². The molecule has 0 radical (unpaired) electrons. The highest BCUT2D eigenvalue weighted by molar-refractivity contribution is 5.88. The molecule has 9 nitrogen and oxygen atoms in total. The minimum atomic E-state index is -1.43. The van der Waals surface area contributed by atoms with E-state index < -0.39 is 23.3 Å². The van der Waals surface area contributed by atoms with Crippen LogP contribution in [0.1, 0.15) is 41.0 Å². The van der Waals surface area contributed by atoms with E-state index in [9.17, 15) is 14.7 Å². The van der Waals surface area contributed by atoms with Gasteiger partial charge in [-0.15, -0.1) is 0 Å². The number of nitrogens with one attached hydrogen (secondary N) is 1. The van der Waals surface area contributed by atoms with E-state index in [-0.39, 0.29) is 12.2 Å². The Bertz CT molecular complexity index is 1000. The van der Waals surface area contributed by atoms with Gasteiger partial charge in [-0.25, -0.2) is 9.59 Å². The highest BCUT2D eigenvalue weighted by Crippen LogP contribution is 2.34. The lowest BCUT2D eigenvalue weighted by Crippen LogP contribution is -2.46. The van der Waals surface area contributed by atoms with E-state index in [0.717, 1.165) is 37.6 Å². The van der Waals surface area contributed by atoms with Crippen LogP contribution in [0.4, 0.5) is 21.9 Å². The second-order valence-electron chi connectivity index (χ2n) is 9.48. The molecule has 2 N–H and O–H groups in total. The molecule has 2 aromatic rings. The number of carboxylic acids is 1. The monoisotopic (exact) mass is 470 g/mol. The molecule has 3 rings (SSSR count). The number of carboxylic acid groups (broad SMARTS) is 1. The molecule has 1 aromatic heterocycles. The Kier molecular flexibility index (Phi) is 7.54. The average molecular weight is 471 g/mol. The summed E-state index contributed by atoms with van der Waals surface area (Å²) >= 11 is 0. The number of nitrogens with zero attached hydrogens (tertiary/aromatic N) is 3. The summed E-state index contributed by atoms with van der Waals surface area (Å²) in [5.41, 5.74) is 0.302. The van der Waals surface area contributed by atoms with E-state index in [2.05, 4.69) is 20.1 Å². The molecule has 0 aliphatic carbocycles. The molecular weight excluding hydrogens is 436 g/mol. The summed E-state index contributed by atoms with van der Waals surface area (Å²) in [6.45, 7) is 11.8. The van der Waals surface area contributed by atoms with Crippen molar-refractivity contribution in [2.75, 3.05) is 41.3 Å². The van der Waals surface area contributed by atoms with Gasteiger partial charge in [0.15, 0.2) is 0 Å². The first kappa shape index (κ1) is 25.1. The molecule has 1 aliphatic heterocycles. The standard InChI is InChI=1S/C25H34N4O5/c1-6-25(5,22(30)31)33-21-8-7-19(17-20(21)27-23(32)34-24(2,3)4)29-15-13-28(14-16-29)18-9-11-26-12-10-18/h7-12,17H,6,13-16H2,1-5H3,(H,27,32)(H,30,31). The van der Waals surface area contributed by atoms with Gasteiger partial charge in [-0.05, 0) is 64.4 Å². The van der Waals surface area contributed by atoms with Gasteiger partial charge in [0.05, 0.1) is 5.69 Å². The lowest BCUT2D eigenvalue weighted by molar-refractivity contribution is -0.153. The maximum absolute atomic E-state index is 12.5. The van der Waals surface area contributed by atoms with Crippen LogP contribution in [0.5, 0.6) is 5.75 Å². The van der Waals surface area contributed by atoms with Crippen molar-refractivity contribution >= 4 is 29.1 Å². The van der Waals surface area contributed by atoms with Crippen LogP contribution < -0.4 is 19.9 Å². The molecule has 1 aromatic carbocycles. The summed E-state index contributed by atoms with van der Waals surface area (Å²) in [5.74, 6) is -0.800. The fourth-order valence-electron chi connectivity index (χ4n) is 3.60. The van der Waals surface area contributed by atoms with E-state index in [1.807, 2.05) is 18.2 Å². The van der Waals surface area contributed by atoms with E-state index >= 15 is 0 Å². The molecule has 1 unspecified atom stereocenters. The second kappa shape index (κ2) is 10.2. The minimum absolute atomic E-state index is 0.257. The summed E-state index contributed by atoms with van der Waals surface area (Å²) in [7, 11) is 0. The summed E-state index contributed by atoms with van der Waals surface area (Å²) in [4.78, 5) is 32.9. The maximum atomic E-state index is 12.5. The molecule has 9 heteroatoms. The molecule has 0 saturated carbocycles. The van der Waals surface area contributed by atoms with Crippen molar-refractivity contribution in [2.24, 2.45) is 0 Å². The Balaban J connectivity index is 1.82. The average Bonchev–Trinajstić information content (AvgIpc) is 2.79. The van der Waals surface area contributed by atoms with Crippen LogP contribution in [0.3, 0.4) is 0 Å². The van der Waals surface area contributed by atoms with Gasteiger partial charge < -0.3 is 24.4 Å². The number of piperazine rings is 1. The molecule has 1 atom stereocenters. The summed E-state index contributed by atoms with van der Waals surface area (Å²) in [6, 6.07) is 9.39. The van der Waals surface area contributed by atoms with Gasteiger partial charge in [0.2, 0.25) is 5.60 Å². The Morgan fingerprint density at radius 3 is 2.12 bits per heavy atom. The van der Waals surface area contributed by atoms with Gasteiger partial charge in [0.1, 0.15) is 11.4 Å². The van der Waals surface area contributed by atoms with Gasteiger partial charge in [0.25, 0.3) is 0 Å². The topological polar surface area (TPSA) is 104 Å². The van der Waals surface area contributed by atoms with Crippen LogP contribution >= 0.6 is 0 Å². The van der Waals surface area contributed by atoms with Crippen LogP contribution in [0.15, 0.2) is 42.7 Å². The number of ether oxygens (including phenoxy) is 2. The van der Waals surface area contributed by atoms with E-state index in [1.165, 1.54) is 6.92 Å². The molecule has 2 heterocycles. The minimum Gasteiger partial charge on any atom is -0.478 e. The molecule has 1 amide bonds. The number of aromatic nitrogens is 1. The van der Waals surface area contributed by atoms with Gasteiger partial charge in [-0.2, -0.15) is 0 Å². The van der Waals surface area contributed by atoms with E-state index in [0.29, 0.717) is 5.69 Å². The van der Waals surface area contributed by atoms with Crippen molar-refractivity contribution < 1.29 is 24.2 Å². The number of carbonyl (C=O) groups is 2. The van der Waals surface area contributed by atoms with Crippen molar-refractivity contribution in [3.63, 3.8) is 0 Å². The van der Waals surface area contributed by atoms with Gasteiger partial charge >= 0.3 is 12.1 Å². The smallest absolute Gasteiger partial charge is 0.412 e. The third kappa shape index (κ3) is 6.30. The van der Waals surface area contributed by atoms with Crippen molar-refractivity contribution in [1.82, 2.24) is 4.98 Å². The number of pyridine rings is 1. The Morgan fingerprint density at radius 2 is 1.59 bits per heavy atom. The normalized spacial score (nSPS) is 15.9. The first-order valence-electron chi connectivity index (χ1n) is 11.5. The lowest BCUT2D eigenvalue weighted by Gasteiger charge is -2.37. The largest absolute Gasteiger partial charge is 0.478 e. The van der Waals surface area contributed by atoms with Crippen LogP contribution in [0.25, 0.3) is 0 Å². The van der Waals surface area contributed by atoms with Crippen molar-refractivity contribution in [1.29, 1.82) is 0 Å². The first-order chi connectivity index (χ1) is 16.0. The molecule has 1 saturated heterocycles. The quantitative estimate of drug-likeness (QED) is 0.614. The molecular formula is C25H34N4O5. The fraction of sp³-hybridized carbons (Fsp3) is 0.480. The maximum Gasteiger partial charge on any atom is 0.412 e. The third-order valence-electron chi connectivity index (χ3n) is 5.73. The predicted molar refractivity (Wildman–Crippen MR) is 132 cm³/mol. The van der Waals surface area contributed by atoms with E-state index in [4.69, 9.17) is 9.47 Å². The van der Waals surface area contributed by atoms with Gasteiger partial charge in [-0.1, -0.05) is 6.92 Å². The molecule has 0 bridgehead atoms. The summed E-state index contributed by atoms with van der Waals surface area (Å²) in [6.07, 6.45) is 3.20. The number of carbonyl (C=O) groups excluding carboxylic acids is 1. The molecule has 0 spiro atoms. The van der Waals surface area contributed by atoms with Crippen molar-refractivity contribution in [2.45, 2.75) is 52.2 Å². The number of hydrogen-bond donors (Lipinski definition) is 2. The number of benzene rings is 1. The zero-order valence-electron chi connectivity index (χ0n) is 20.5. The Labute approximate surface area is 200 Å². The number of anilines is 3. The molecule has 184 valence electrons. The summed E-state index contributed by atoms with van der Waals surface area (Å²) < 4.78 is 11.3. The SMILES string of the molecule is CCC(C)(Oc1ccc(N2CCN(c3ccncc3)CC2)cc1NC(=O)OC(C)(C)C)C(=O)O. The number of aliphatic carboxylic acids is 1. The van der Waals surface area contributed by atoms with Crippen LogP contribution in [0.2, 0.25) is 0 Å². The first-order valence-corrected chi connectivity index (χ1v) is 11.5. The van der Waals surface area contributed by atoms with Crippen LogP contribution in [-0.2, 0) is 9.53 Å². The van der Waals surface area contributed by atoms with Crippen LogP contribution in [-0.4, -0.2) is 59.5 Å². The highest BCUT2D eigenvalue weighted by Gasteiger charge is 2.34. The number of rotatable bonds is 7. The summed E-state index contributed by atoms with van der Waals surface area (Å²) in [5, 5.41) is 12.4. The van der Waals surface area contributed by atoms with Gasteiger partial charge in [-0.3, -0.25) is 10.3 Å². The zero-order chi connectivity index (χ0) is 24.9. The van der Waals surface area contributed by atoms with E-state index in [1.54, 1.807) is 52.2 Å². The number of hydrogen-bond acceptors (Lipinski definition) is 7. The van der Waals surface area contributed by atoms with Gasteiger partial charge in [0, 0.05) is 49.9 Å². The fourth-order valence-corrected chi connectivity index (χ4v) is 3.60. The number of amides is 1. The molecule has 1 fully saturated rings. The van der Waals surface area contributed by atoms with Crippen LogP contribution in [0, 0.1) is 0 Å². The van der Waals surface area contributed by atoms with Crippen molar-refractivity contribution in [3.8, 4) is 5.75 Å². The lowest BCUT2D eigenvalue weighted by atomic mass is 10.0. The highest BCUT2D eigenvalue weighted by atomic mass is 16.6. The zero-order valence-corrected chi connectivity index (χ0v) is 20.5. The Hall–Kier alpha value is -3.49. The second-order valence-corrected chi connectivity index (χ2v) is 9.48. The predicted octanol–water partition coefficient (Wildman–Crippen LogP) is 4.39. The third-order valence-corrected chi connectivity index (χ3v) is 5.73. The molecule has 1 aliphatic rings.